The molecular formula is C15H21NO. The Bertz CT molecular complexity index is 366. The van der Waals surface area contributed by atoms with Crippen molar-refractivity contribution in [2.75, 3.05) is 19.8 Å². The lowest BCUT2D eigenvalue weighted by molar-refractivity contribution is -0.101. The van der Waals surface area contributed by atoms with E-state index in [0.717, 1.165) is 31.7 Å². The van der Waals surface area contributed by atoms with Crippen molar-refractivity contribution in [2.45, 2.75) is 31.7 Å². The summed E-state index contributed by atoms with van der Waals surface area (Å²) in [7, 11) is 0. The highest BCUT2D eigenvalue weighted by atomic mass is 16.5. The molecule has 0 amide bonds. The highest BCUT2D eigenvalue weighted by molar-refractivity contribution is 5.22. The van der Waals surface area contributed by atoms with Gasteiger partial charge in [-0.05, 0) is 24.3 Å². The lowest BCUT2D eigenvalue weighted by atomic mass is 9.75. The zero-order chi connectivity index (χ0) is 11.7. The second-order valence-electron chi connectivity index (χ2n) is 5.96. The minimum absolute atomic E-state index is 0.401. The molecule has 1 aromatic carbocycles. The van der Waals surface area contributed by atoms with Crippen LogP contribution in [0, 0.1) is 5.41 Å². The fraction of sp³-hybridized carbons (Fsp3) is 0.600. The Balaban J connectivity index is 1.43. The van der Waals surface area contributed by atoms with Crippen molar-refractivity contribution in [3.63, 3.8) is 0 Å². The van der Waals surface area contributed by atoms with Gasteiger partial charge in [0.2, 0.25) is 0 Å². The van der Waals surface area contributed by atoms with Crippen molar-refractivity contribution in [1.82, 2.24) is 5.32 Å². The molecule has 3 rings (SSSR count). The molecule has 1 aromatic rings. The lowest BCUT2D eigenvalue weighted by Crippen LogP contribution is -2.51. The minimum Gasteiger partial charge on any atom is -0.380 e. The molecule has 1 N–H and O–H groups in total. The second-order valence-corrected chi connectivity index (χ2v) is 5.96. The average molecular weight is 231 g/mol. The summed E-state index contributed by atoms with van der Waals surface area (Å²) < 4.78 is 5.27. The summed E-state index contributed by atoms with van der Waals surface area (Å²) in [6.45, 7) is 5.26. The van der Waals surface area contributed by atoms with Crippen LogP contribution in [0.15, 0.2) is 30.3 Å². The summed E-state index contributed by atoms with van der Waals surface area (Å²) in [4.78, 5) is 0. The Morgan fingerprint density at radius 1 is 1.24 bits per heavy atom. The number of nitrogens with one attached hydrogen (secondary N) is 1. The van der Waals surface area contributed by atoms with Crippen LogP contribution < -0.4 is 5.32 Å². The van der Waals surface area contributed by atoms with E-state index in [4.69, 9.17) is 4.74 Å². The van der Waals surface area contributed by atoms with Crippen molar-refractivity contribution in [3.05, 3.63) is 35.9 Å². The van der Waals surface area contributed by atoms with E-state index in [2.05, 4.69) is 42.6 Å². The molecule has 1 aliphatic carbocycles. The maximum absolute atomic E-state index is 5.27. The van der Waals surface area contributed by atoms with Crippen LogP contribution in [0.25, 0.3) is 0 Å². The predicted octanol–water partition coefficient (Wildman–Crippen LogP) is 2.56. The third-order valence-corrected chi connectivity index (χ3v) is 4.13. The molecule has 0 unspecified atom stereocenters. The molecule has 0 bridgehead atoms. The molecule has 1 saturated carbocycles. The average Bonchev–Trinajstić information content (AvgIpc) is 2.26. The maximum atomic E-state index is 5.27. The van der Waals surface area contributed by atoms with Crippen molar-refractivity contribution >= 4 is 0 Å². The van der Waals surface area contributed by atoms with Crippen LogP contribution in [0.4, 0.5) is 0 Å². The predicted molar refractivity (Wildman–Crippen MR) is 69.1 cm³/mol. The summed E-state index contributed by atoms with van der Waals surface area (Å²) in [6, 6.07) is 11.6. The molecule has 2 nitrogen and oxygen atoms in total. The third-order valence-electron chi connectivity index (χ3n) is 4.13. The number of rotatable bonds is 4. The van der Waals surface area contributed by atoms with E-state index in [1.54, 1.807) is 0 Å². The Morgan fingerprint density at radius 3 is 2.53 bits per heavy atom. The van der Waals surface area contributed by atoms with Crippen LogP contribution in [-0.2, 0) is 4.74 Å². The molecule has 17 heavy (non-hydrogen) atoms. The summed E-state index contributed by atoms with van der Waals surface area (Å²) in [5.74, 6) is 0.777. The fourth-order valence-electron chi connectivity index (χ4n) is 2.73. The second kappa shape index (κ2) is 4.43. The quantitative estimate of drug-likeness (QED) is 0.860. The number of hydrogen-bond donors (Lipinski definition) is 1. The summed E-state index contributed by atoms with van der Waals surface area (Å²) in [5.41, 5.74) is 1.90. The number of hydrogen-bond acceptors (Lipinski definition) is 2. The first kappa shape index (κ1) is 11.2. The zero-order valence-electron chi connectivity index (χ0n) is 10.5. The van der Waals surface area contributed by atoms with E-state index < -0.39 is 0 Å². The zero-order valence-corrected chi connectivity index (χ0v) is 10.5. The van der Waals surface area contributed by atoms with Gasteiger partial charge in [0.05, 0.1) is 13.2 Å². The van der Waals surface area contributed by atoms with Crippen LogP contribution in [0.5, 0.6) is 0 Å². The highest BCUT2D eigenvalue weighted by Crippen LogP contribution is 2.37. The molecule has 1 aliphatic heterocycles. The van der Waals surface area contributed by atoms with E-state index in [9.17, 15) is 0 Å². The summed E-state index contributed by atoms with van der Waals surface area (Å²) >= 11 is 0. The molecule has 2 aliphatic rings. The Labute approximate surface area is 103 Å². The van der Waals surface area contributed by atoms with Crippen molar-refractivity contribution in [2.24, 2.45) is 5.41 Å². The maximum Gasteiger partial charge on any atom is 0.0554 e. The summed E-state index contributed by atoms with van der Waals surface area (Å²) in [6.07, 6.45) is 2.59. The highest BCUT2D eigenvalue weighted by Gasteiger charge is 2.36. The van der Waals surface area contributed by atoms with Crippen LogP contribution in [0.3, 0.4) is 0 Å². The SMILES string of the molecule is CC1(CNC2CC(c3ccccc3)C2)COC1. The van der Waals surface area contributed by atoms with E-state index in [0.29, 0.717) is 5.41 Å². The van der Waals surface area contributed by atoms with Crippen LogP contribution in [0.1, 0.15) is 31.2 Å². The van der Waals surface area contributed by atoms with Gasteiger partial charge in [0, 0.05) is 18.0 Å². The van der Waals surface area contributed by atoms with Gasteiger partial charge < -0.3 is 10.1 Å². The van der Waals surface area contributed by atoms with Gasteiger partial charge >= 0.3 is 0 Å². The van der Waals surface area contributed by atoms with E-state index >= 15 is 0 Å². The molecule has 92 valence electrons. The molecule has 0 spiro atoms. The van der Waals surface area contributed by atoms with Gasteiger partial charge in [0.15, 0.2) is 0 Å². The van der Waals surface area contributed by atoms with Crippen molar-refractivity contribution < 1.29 is 4.74 Å². The Morgan fingerprint density at radius 2 is 1.94 bits per heavy atom. The van der Waals surface area contributed by atoms with E-state index in [1.165, 1.54) is 18.4 Å². The standard InChI is InChI=1S/C15H21NO/c1-15(10-17-11-15)9-16-14-7-13(8-14)12-5-3-2-4-6-12/h2-6,13-14,16H,7-11H2,1H3. The molecule has 0 radical (unpaired) electrons. The topological polar surface area (TPSA) is 21.3 Å². The molecular weight excluding hydrogens is 210 g/mol. The van der Waals surface area contributed by atoms with Gasteiger partial charge in [-0.2, -0.15) is 0 Å². The Hall–Kier alpha value is -0.860. The monoisotopic (exact) mass is 231 g/mol. The number of benzene rings is 1. The first-order valence-corrected chi connectivity index (χ1v) is 6.61. The Kier molecular flexibility index (Phi) is 2.93. The van der Waals surface area contributed by atoms with E-state index in [-0.39, 0.29) is 0 Å². The minimum atomic E-state index is 0.401. The van der Waals surface area contributed by atoms with Crippen LogP contribution in [0.2, 0.25) is 0 Å². The summed E-state index contributed by atoms with van der Waals surface area (Å²) in [5, 5.41) is 3.68. The van der Waals surface area contributed by atoms with Crippen molar-refractivity contribution in [1.29, 1.82) is 0 Å². The van der Waals surface area contributed by atoms with Gasteiger partial charge in [0.25, 0.3) is 0 Å². The van der Waals surface area contributed by atoms with Gasteiger partial charge in [-0.1, -0.05) is 37.3 Å². The first-order valence-electron chi connectivity index (χ1n) is 6.61. The molecule has 2 heteroatoms. The molecule has 1 heterocycles. The molecule has 0 atom stereocenters. The lowest BCUT2D eigenvalue weighted by Gasteiger charge is -2.42. The molecule has 0 aromatic heterocycles. The molecule has 1 saturated heterocycles. The normalized spacial score (nSPS) is 30.4. The third kappa shape index (κ3) is 2.38. The first-order chi connectivity index (χ1) is 8.25. The van der Waals surface area contributed by atoms with Crippen LogP contribution in [-0.4, -0.2) is 25.8 Å². The van der Waals surface area contributed by atoms with Crippen molar-refractivity contribution in [3.8, 4) is 0 Å². The van der Waals surface area contributed by atoms with Gasteiger partial charge in [-0.15, -0.1) is 0 Å². The van der Waals surface area contributed by atoms with Gasteiger partial charge in [-0.3, -0.25) is 0 Å². The smallest absolute Gasteiger partial charge is 0.0554 e. The van der Waals surface area contributed by atoms with Gasteiger partial charge in [-0.25, -0.2) is 0 Å². The van der Waals surface area contributed by atoms with Gasteiger partial charge in [0.1, 0.15) is 0 Å². The number of ether oxygens (including phenoxy) is 1. The fourth-order valence-corrected chi connectivity index (χ4v) is 2.73. The van der Waals surface area contributed by atoms with E-state index in [1.807, 2.05) is 0 Å². The molecule has 2 fully saturated rings. The van der Waals surface area contributed by atoms with Crippen LogP contribution >= 0.6 is 0 Å². The largest absolute Gasteiger partial charge is 0.380 e.